The maximum absolute atomic E-state index is 13.2. The van der Waals surface area contributed by atoms with Gasteiger partial charge < -0.3 is 20.1 Å². The molecule has 0 amide bonds. The van der Waals surface area contributed by atoms with Gasteiger partial charge in [-0.25, -0.2) is 0 Å². The fourth-order valence-electron chi connectivity index (χ4n) is 4.19. The fraction of sp³-hybridized carbons (Fsp3) is 0.350. The van der Waals surface area contributed by atoms with Crippen molar-refractivity contribution in [2.45, 2.75) is 37.6 Å². The zero-order valence-electron chi connectivity index (χ0n) is 14.1. The largest absolute Gasteiger partial charge is 0.496 e. The number of carbonyl (C=O) groups is 1. The van der Waals surface area contributed by atoms with Crippen molar-refractivity contribution in [3.05, 3.63) is 63.7 Å². The van der Waals surface area contributed by atoms with Crippen LogP contribution in [0, 0.1) is 0 Å². The Bertz CT molecular complexity index is 884. The number of aliphatic hydroxyl groups is 3. The summed E-state index contributed by atoms with van der Waals surface area (Å²) in [7, 11) is 1.50. The lowest BCUT2D eigenvalue weighted by Crippen LogP contribution is -2.36. The monoisotopic (exact) mass is 340 g/mol. The highest BCUT2D eigenvalue weighted by Crippen LogP contribution is 2.46. The molecule has 5 heteroatoms. The molecule has 0 spiro atoms. The van der Waals surface area contributed by atoms with Gasteiger partial charge in [-0.15, -0.1) is 0 Å². The number of hydrogen-bond donors (Lipinski definition) is 3. The van der Waals surface area contributed by atoms with E-state index in [-0.39, 0.29) is 12.2 Å². The second-order valence-electron chi connectivity index (χ2n) is 7.15. The Kier molecular flexibility index (Phi) is 3.51. The van der Waals surface area contributed by atoms with Gasteiger partial charge in [0.25, 0.3) is 0 Å². The van der Waals surface area contributed by atoms with Crippen LogP contribution in [0.2, 0.25) is 0 Å². The SMILES string of the molecule is COc1cccc2c1C(O)c1ccc3c(c1C2=O)C(O)CC(C)(O)C3. The molecule has 2 aliphatic rings. The van der Waals surface area contributed by atoms with E-state index in [4.69, 9.17) is 4.74 Å². The van der Waals surface area contributed by atoms with Gasteiger partial charge in [-0.05, 0) is 29.7 Å². The number of fused-ring (bicyclic) bond motifs is 4. The van der Waals surface area contributed by atoms with Gasteiger partial charge in [0, 0.05) is 29.5 Å². The van der Waals surface area contributed by atoms with Crippen LogP contribution in [0.15, 0.2) is 30.3 Å². The molecule has 4 rings (SSSR count). The lowest BCUT2D eigenvalue weighted by atomic mass is 9.72. The molecule has 2 aliphatic carbocycles. The minimum absolute atomic E-state index is 0.158. The zero-order chi connectivity index (χ0) is 17.9. The van der Waals surface area contributed by atoms with Crippen LogP contribution in [0.3, 0.4) is 0 Å². The van der Waals surface area contributed by atoms with E-state index in [9.17, 15) is 20.1 Å². The van der Waals surface area contributed by atoms with E-state index < -0.39 is 17.8 Å². The minimum atomic E-state index is -1.02. The van der Waals surface area contributed by atoms with E-state index >= 15 is 0 Å². The van der Waals surface area contributed by atoms with Gasteiger partial charge in [-0.3, -0.25) is 4.79 Å². The predicted octanol–water partition coefficient (Wildman–Crippen LogP) is 2.05. The van der Waals surface area contributed by atoms with E-state index in [1.54, 1.807) is 37.3 Å². The van der Waals surface area contributed by atoms with Crippen LogP contribution in [-0.2, 0) is 6.42 Å². The molecule has 0 saturated heterocycles. The van der Waals surface area contributed by atoms with Gasteiger partial charge in [0.05, 0.1) is 18.8 Å². The number of methoxy groups -OCH3 is 1. The topological polar surface area (TPSA) is 87.0 Å². The Labute approximate surface area is 145 Å². The molecule has 2 aromatic carbocycles. The van der Waals surface area contributed by atoms with Crippen molar-refractivity contribution in [1.29, 1.82) is 0 Å². The molecule has 0 heterocycles. The lowest BCUT2D eigenvalue weighted by Gasteiger charge is -2.37. The van der Waals surface area contributed by atoms with Crippen molar-refractivity contribution < 1.29 is 24.9 Å². The van der Waals surface area contributed by atoms with Gasteiger partial charge in [0.1, 0.15) is 11.9 Å². The summed E-state index contributed by atoms with van der Waals surface area (Å²) in [5.41, 5.74) is 1.93. The van der Waals surface area contributed by atoms with E-state index in [1.807, 2.05) is 0 Å². The molecule has 3 unspecified atom stereocenters. The van der Waals surface area contributed by atoms with Crippen molar-refractivity contribution >= 4 is 5.78 Å². The first-order chi connectivity index (χ1) is 11.8. The average Bonchev–Trinajstić information content (AvgIpc) is 2.57. The standard InChI is InChI=1S/C20H20O5/c1-20(24)8-10-6-7-12-17(15(10)13(21)9-20)19(23)11-4-3-5-14(25-2)16(11)18(12)22/h3-7,13,18,21-22,24H,8-9H2,1-2H3. The van der Waals surface area contributed by atoms with Crippen LogP contribution < -0.4 is 4.74 Å². The number of rotatable bonds is 1. The van der Waals surface area contributed by atoms with Crippen LogP contribution in [0.4, 0.5) is 0 Å². The molecule has 0 bridgehead atoms. The second kappa shape index (κ2) is 5.39. The summed E-state index contributed by atoms with van der Waals surface area (Å²) in [6.45, 7) is 1.68. The Hall–Kier alpha value is -2.21. The van der Waals surface area contributed by atoms with Crippen molar-refractivity contribution in [3.8, 4) is 5.75 Å². The minimum Gasteiger partial charge on any atom is -0.496 e. The maximum Gasteiger partial charge on any atom is 0.194 e. The summed E-state index contributed by atoms with van der Waals surface area (Å²) in [6.07, 6.45) is -1.43. The quantitative estimate of drug-likeness (QED) is 0.740. The highest BCUT2D eigenvalue weighted by Gasteiger charge is 2.40. The van der Waals surface area contributed by atoms with E-state index in [2.05, 4.69) is 0 Å². The van der Waals surface area contributed by atoms with E-state index in [0.29, 0.717) is 40.0 Å². The Balaban J connectivity index is 1.96. The third kappa shape index (κ3) is 2.31. The molecule has 0 aromatic heterocycles. The molecule has 5 nitrogen and oxygen atoms in total. The summed E-state index contributed by atoms with van der Waals surface area (Å²) in [6, 6.07) is 8.58. The first-order valence-electron chi connectivity index (χ1n) is 8.30. The highest BCUT2D eigenvalue weighted by atomic mass is 16.5. The number of ketones is 1. The summed E-state index contributed by atoms with van der Waals surface area (Å²) in [5, 5.41) is 31.8. The van der Waals surface area contributed by atoms with E-state index in [0.717, 1.165) is 5.56 Å². The normalized spacial score (nSPS) is 27.3. The van der Waals surface area contributed by atoms with Gasteiger partial charge in [-0.1, -0.05) is 24.3 Å². The van der Waals surface area contributed by atoms with Crippen molar-refractivity contribution in [1.82, 2.24) is 0 Å². The molecule has 0 fully saturated rings. The van der Waals surface area contributed by atoms with Gasteiger partial charge in [0.15, 0.2) is 5.78 Å². The maximum atomic E-state index is 13.2. The third-order valence-corrected chi connectivity index (χ3v) is 5.23. The van der Waals surface area contributed by atoms with Gasteiger partial charge in [-0.2, -0.15) is 0 Å². The van der Waals surface area contributed by atoms with Crippen LogP contribution in [0.25, 0.3) is 0 Å². The van der Waals surface area contributed by atoms with Crippen molar-refractivity contribution in [2.24, 2.45) is 0 Å². The molecule has 3 atom stereocenters. The summed E-state index contributed by atoms with van der Waals surface area (Å²) in [5.74, 6) is 0.233. The molecule has 0 aliphatic heterocycles. The molecule has 0 saturated carbocycles. The average molecular weight is 340 g/mol. The second-order valence-corrected chi connectivity index (χ2v) is 7.15. The number of benzene rings is 2. The first-order valence-corrected chi connectivity index (χ1v) is 8.30. The fourth-order valence-corrected chi connectivity index (χ4v) is 4.19. The number of carbonyl (C=O) groups excluding carboxylic acids is 1. The number of ether oxygens (including phenoxy) is 1. The molecule has 25 heavy (non-hydrogen) atoms. The third-order valence-electron chi connectivity index (χ3n) is 5.23. The van der Waals surface area contributed by atoms with Crippen molar-refractivity contribution in [3.63, 3.8) is 0 Å². The van der Waals surface area contributed by atoms with Crippen LogP contribution in [0.1, 0.15) is 63.7 Å². The molecular weight excluding hydrogens is 320 g/mol. The summed E-state index contributed by atoms with van der Waals surface area (Å²) >= 11 is 0. The van der Waals surface area contributed by atoms with Crippen LogP contribution in [0.5, 0.6) is 5.75 Å². The summed E-state index contributed by atoms with van der Waals surface area (Å²) < 4.78 is 5.31. The molecule has 2 aromatic rings. The lowest BCUT2D eigenvalue weighted by molar-refractivity contribution is -0.00788. The summed E-state index contributed by atoms with van der Waals surface area (Å²) in [4.78, 5) is 13.2. The Morgan fingerprint density at radius 2 is 1.92 bits per heavy atom. The molecule has 0 radical (unpaired) electrons. The van der Waals surface area contributed by atoms with Crippen LogP contribution >= 0.6 is 0 Å². The molecular formula is C20H20O5. The zero-order valence-corrected chi connectivity index (χ0v) is 14.1. The molecule has 130 valence electrons. The van der Waals surface area contributed by atoms with Crippen molar-refractivity contribution in [2.75, 3.05) is 7.11 Å². The molecule has 3 N–H and O–H groups in total. The highest BCUT2D eigenvalue weighted by molar-refractivity contribution is 6.14. The predicted molar refractivity (Wildman–Crippen MR) is 90.8 cm³/mol. The van der Waals surface area contributed by atoms with Gasteiger partial charge in [0.2, 0.25) is 0 Å². The number of aliphatic hydroxyl groups excluding tert-OH is 2. The van der Waals surface area contributed by atoms with Gasteiger partial charge >= 0.3 is 0 Å². The Morgan fingerprint density at radius 1 is 1.16 bits per heavy atom. The van der Waals surface area contributed by atoms with Crippen LogP contribution in [-0.4, -0.2) is 33.8 Å². The van der Waals surface area contributed by atoms with E-state index in [1.165, 1.54) is 7.11 Å². The first kappa shape index (κ1) is 16.3. The smallest absolute Gasteiger partial charge is 0.194 e. The number of hydrogen-bond acceptors (Lipinski definition) is 5. The Morgan fingerprint density at radius 3 is 2.64 bits per heavy atom.